The van der Waals surface area contributed by atoms with Crippen LogP contribution in [0.1, 0.15) is 54.3 Å². The van der Waals surface area contributed by atoms with Crippen LogP contribution in [0.25, 0.3) is 0 Å². The Hall–Kier alpha value is -2.27. The first-order chi connectivity index (χ1) is 12.6. The third-order valence-electron chi connectivity index (χ3n) is 5.80. The summed E-state index contributed by atoms with van der Waals surface area (Å²) in [7, 11) is 0. The molecule has 1 aromatic heterocycles. The number of anilines is 1. The van der Waals surface area contributed by atoms with Crippen molar-refractivity contribution in [2.75, 3.05) is 11.4 Å². The molecule has 26 heavy (non-hydrogen) atoms. The maximum atomic E-state index is 12.5. The number of benzene rings is 1. The van der Waals surface area contributed by atoms with Crippen LogP contribution in [-0.4, -0.2) is 29.2 Å². The molecule has 0 bridgehead atoms. The lowest BCUT2D eigenvalue weighted by atomic mass is 9.78. The SMILES string of the molecule is C[C@H]1Cc2ccccc2N1Cc1ccoc1C(=O)NCCC1(O)CCC1. The number of hydrogen-bond donors (Lipinski definition) is 2. The quantitative estimate of drug-likeness (QED) is 0.836. The minimum Gasteiger partial charge on any atom is -0.459 e. The van der Waals surface area contributed by atoms with Gasteiger partial charge < -0.3 is 19.7 Å². The maximum Gasteiger partial charge on any atom is 0.287 e. The fraction of sp³-hybridized carbons (Fsp3) is 0.476. The van der Waals surface area contributed by atoms with E-state index in [1.165, 1.54) is 11.3 Å². The molecule has 1 aliphatic carbocycles. The summed E-state index contributed by atoms with van der Waals surface area (Å²) in [6.45, 7) is 3.33. The third-order valence-corrected chi connectivity index (χ3v) is 5.80. The minimum atomic E-state index is -0.575. The predicted molar refractivity (Wildman–Crippen MR) is 100 cm³/mol. The number of rotatable bonds is 6. The highest BCUT2D eigenvalue weighted by Crippen LogP contribution is 2.35. The van der Waals surface area contributed by atoms with Crippen molar-refractivity contribution in [1.29, 1.82) is 0 Å². The van der Waals surface area contributed by atoms with Gasteiger partial charge in [0, 0.05) is 30.4 Å². The van der Waals surface area contributed by atoms with Gasteiger partial charge in [0.25, 0.3) is 5.91 Å². The molecule has 0 radical (unpaired) electrons. The summed E-state index contributed by atoms with van der Waals surface area (Å²) in [5.41, 5.74) is 2.91. The number of fused-ring (bicyclic) bond motifs is 1. The maximum absolute atomic E-state index is 12.5. The number of hydrogen-bond acceptors (Lipinski definition) is 4. The Balaban J connectivity index is 1.41. The molecule has 1 amide bonds. The Morgan fingerprint density at radius 1 is 1.35 bits per heavy atom. The zero-order valence-corrected chi connectivity index (χ0v) is 15.2. The van der Waals surface area contributed by atoms with Crippen LogP contribution < -0.4 is 10.2 Å². The number of carbonyl (C=O) groups excluding carboxylic acids is 1. The van der Waals surface area contributed by atoms with Gasteiger partial charge in [0.1, 0.15) is 0 Å². The highest BCUT2D eigenvalue weighted by atomic mass is 16.3. The van der Waals surface area contributed by atoms with Gasteiger partial charge in [-0.2, -0.15) is 0 Å². The first kappa shape index (κ1) is 17.2. The van der Waals surface area contributed by atoms with Crippen LogP contribution >= 0.6 is 0 Å². The Morgan fingerprint density at radius 3 is 2.92 bits per heavy atom. The molecule has 2 aromatic rings. The summed E-state index contributed by atoms with van der Waals surface area (Å²) in [6.07, 6.45) is 5.94. The fourth-order valence-electron chi connectivity index (χ4n) is 4.04. The van der Waals surface area contributed by atoms with Gasteiger partial charge in [-0.1, -0.05) is 18.2 Å². The second-order valence-corrected chi connectivity index (χ2v) is 7.67. The molecule has 0 saturated heterocycles. The van der Waals surface area contributed by atoms with E-state index in [9.17, 15) is 9.90 Å². The topological polar surface area (TPSA) is 65.7 Å². The molecule has 1 saturated carbocycles. The molecule has 1 atom stereocenters. The van der Waals surface area contributed by atoms with Gasteiger partial charge in [-0.15, -0.1) is 0 Å². The van der Waals surface area contributed by atoms with Crippen LogP contribution in [0.15, 0.2) is 41.0 Å². The number of carbonyl (C=O) groups is 1. The second kappa shape index (κ2) is 6.80. The molecule has 1 fully saturated rings. The van der Waals surface area contributed by atoms with Crippen LogP contribution in [0.2, 0.25) is 0 Å². The van der Waals surface area contributed by atoms with E-state index in [-0.39, 0.29) is 5.91 Å². The van der Waals surface area contributed by atoms with Crippen molar-refractivity contribution in [2.45, 2.75) is 57.2 Å². The van der Waals surface area contributed by atoms with Gasteiger partial charge in [-0.25, -0.2) is 0 Å². The average molecular weight is 354 g/mol. The highest BCUT2D eigenvalue weighted by molar-refractivity contribution is 5.93. The van der Waals surface area contributed by atoms with E-state index in [1.807, 2.05) is 6.07 Å². The molecule has 4 rings (SSSR count). The smallest absolute Gasteiger partial charge is 0.287 e. The van der Waals surface area contributed by atoms with Gasteiger partial charge in [-0.05, 0) is 56.7 Å². The summed E-state index contributed by atoms with van der Waals surface area (Å²) in [5, 5.41) is 13.0. The van der Waals surface area contributed by atoms with Gasteiger partial charge in [-0.3, -0.25) is 4.79 Å². The average Bonchev–Trinajstić information content (AvgIpc) is 3.18. The van der Waals surface area contributed by atoms with E-state index in [1.54, 1.807) is 6.26 Å². The molecule has 0 spiro atoms. The molecule has 2 heterocycles. The minimum absolute atomic E-state index is 0.201. The van der Waals surface area contributed by atoms with Gasteiger partial charge in [0.05, 0.1) is 11.9 Å². The molecular weight excluding hydrogens is 328 g/mol. The van der Waals surface area contributed by atoms with E-state index in [0.717, 1.165) is 31.2 Å². The molecule has 2 aliphatic rings. The van der Waals surface area contributed by atoms with Crippen molar-refractivity contribution < 1.29 is 14.3 Å². The van der Waals surface area contributed by atoms with E-state index in [4.69, 9.17) is 4.42 Å². The van der Waals surface area contributed by atoms with Gasteiger partial charge in [0.15, 0.2) is 5.76 Å². The van der Waals surface area contributed by atoms with E-state index >= 15 is 0 Å². The van der Waals surface area contributed by atoms with E-state index < -0.39 is 5.60 Å². The number of para-hydroxylation sites is 1. The van der Waals surface area contributed by atoms with Crippen molar-refractivity contribution in [2.24, 2.45) is 0 Å². The molecule has 2 N–H and O–H groups in total. The van der Waals surface area contributed by atoms with Gasteiger partial charge >= 0.3 is 0 Å². The largest absolute Gasteiger partial charge is 0.459 e. The predicted octanol–water partition coefficient (Wildman–Crippen LogP) is 3.27. The first-order valence-electron chi connectivity index (χ1n) is 9.47. The Labute approximate surface area is 154 Å². The van der Waals surface area contributed by atoms with Gasteiger partial charge in [0.2, 0.25) is 0 Å². The molecule has 0 unspecified atom stereocenters. The second-order valence-electron chi connectivity index (χ2n) is 7.67. The van der Waals surface area contributed by atoms with E-state index in [2.05, 4.69) is 41.4 Å². The lowest BCUT2D eigenvalue weighted by Gasteiger charge is -2.36. The molecular formula is C21H26N2O3. The zero-order chi connectivity index (χ0) is 18.1. The standard InChI is InChI=1S/C21H26N2O3/c1-15-13-16-5-2-3-6-18(16)23(15)14-17-7-12-26-19(17)20(24)22-11-10-21(25)8-4-9-21/h2-3,5-7,12,15,25H,4,8-11,13-14H2,1H3,(H,22,24)/t15-/m0/s1. The normalized spacial score (nSPS) is 20.5. The van der Waals surface area contributed by atoms with Crippen molar-refractivity contribution in [3.63, 3.8) is 0 Å². The number of aliphatic hydroxyl groups is 1. The number of nitrogens with one attached hydrogen (secondary N) is 1. The van der Waals surface area contributed by atoms with Crippen molar-refractivity contribution in [3.8, 4) is 0 Å². The van der Waals surface area contributed by atoms with Crippen molar-refractivity contribution in [3.05, 3.63) is 53.5 Å². The zero-order valence-electron chi connectivity index (χ0n) is 15.2. The number of nitrogens with zero attached hydrogens (tertiary/aromatic N) is 1. The van der Waals surface area contributed by atoms with Crippen LogP contribution in [-0.2, 0) is 13.0 Å². The lowest BCUT2D eigenvalue weighted by molar-refractivity contribution is -0.0390. The molecule has 5 heteroatoms. The molecule has 1 aromatic carbocycles. The van der Waals surface area contributed by atoms with E-state index in [0.29, 0.717) is 31.3 Å². The summed E-state index contributed by atoms with van der Waals surface area (Å²) >= 11 is 0. The highest BCUT2D eigenvalue weighted by Gasteiger charge is 2.34. The lowest BCUT2D eigenvalue weighted by Crippen LogP contribution is -2.40. The van der Waals surface area contributed by atoms with Crippen LogP contribution in [0.5, 0.6) is 0 Å². The summed E-state index contributed by atoms with van der Waals surface area (Å²) in [4.78, 5) is 14.8. The summed E-state index contributed by atoms with van der Waals surface area (Å²) < 4.78 is 5.48. The fourth-order valence-corrected chi connectivity index (χ4v) is 4.04. The Bertz CT molecular complexity index is 794. The number of furan rings is 1. The van der Waals surface area contributed by atoms with Crippen molar-refractivity contribution >= 4 is 11.6 Å². The van der Waals surface area contributed by atoms with Crippen LogP contribution in [0.4, 0.5) is 5.69 Å². The summed E-state index contributed by atoms with van der Waals surface area (Å²) in [6, 6.07) is 10.7. The Kier molecular flexibility index (Phi) is 4.49. The monoisotopic (exact) mass is 354 g/mol. The Morgan fingerprint density at radius 2 is 2.15 bits per heavy atom. The first-order valence-corrected chi connectivity index (χ1v) is 9.47. The summed E-state index contributed by atoms with van der Waals surface area (Å²) in [5.74, 6) is 0.176. The van der Waals surface area contributed by atoms with Crippen LogP contribution in [0, 0.1) is 0 Å². The van der Waals surface area contributed by atoms with Crippen molar-refractivity contribution in [1.82, 2.24) is 5.32 Å². The van der Waals surface area contributed by atoms with Crippen LogP contribution in [0.3, 0.4) is 0 Å². The molecule has 138 valence electrons. The molecule has 1 aliphatic heterocycles. The third kappa shape index (κ3) is 3.23. The molecule has 5 nitrogen and oxygen atoms in total. The number of amides is 1.